The van der Waals surface area contributed by atoms with E-state index in [0.29, 0.717) is 5.22 Å². The summed E-state index contributed by atoms with van der Waals surface area (Å²) in [5.74, 6) is 0.164. The molecule has 1 aromatic carbocycles. The molecule has 5 nitrogen and oxygen atoms in total. The van der Waals surface area contributed by atoms with Gasteiger partial charge in [0.1, 0.15) is 10.7 Å². The van der Waals surface area contributed by atoms with Gasteiger partial charge < -0.3 is 10.7 Å². The number of hydrogen-bond donors (Lipinski definition) is 2. The Hall–Kier alpha value is -1.01. The molecule has 0 radical (unpaired) electrons. The van der Waals surface area contributed by atoms with Crippen LogP contribution in [0.3, 0.4) is 0 Å². The Balaban J connectivity index is 2.27. The van der Waals surface area contributed by atoms with Crippen molar-refractivity contribution in [1.82, 2.24) is 6.31 Å². The van der Waals surface area contributed by atoms with Crippen LogP contribution in [0, 0.1) is 0 Å². The molecule has 0 amide bonds. The molecular formula is C18H19I2N3O2S. The van der Waals surface area contributed by atoms with Gasteiger partial charge in [0.15, 0.2) is 0 Å². The van der Waals surface area contributed by atoms with Gasteiger partial charge in [-0.3, -0.25) is 1.33 Å². The number of sulfone groups is 1. The predicted octanol–water partition coefficient (Wildman–Crippen LogP) is 3.45. The van der Waals surface area contributed by atoms with Crippen molar-refractivity contribution < 1.29 is 8.42 Å². The molecule has 1 heterocycles. The minimum Gasteiger partial charge on any atom is -0.384 e. The third-order valence-corrected chi connectivity index (χ3v) is 6.68. The summed E-state index contributed by atoms with van der Waals surface area (Å²) < 4.78 is 28.2. The molecule has 0 aliphatic heterocycles. The van der Waals surface area contributed by atoms with Crippen molar-refractivity contribution in [2.24, 2.45) is 0 Å². The lowest BCUT2D eigenvalue weighted by Crippen LogP contribution is -2.28. The largest absolute Gasteiger partial charge is 0.384 e. The van der Waals surface area contributed by atoms with Crippen LogP contribution < -0.4 is 16.3 Å². The number of benzene rings is 1. The summed E-state index contributed by atoms with van der Waals surface area (Å²) >= 11 is 4.18. The van der Waals surface area contributed by atoms with Gasteiger partial charge in [0, 0.05) is 11.4 Å². The molecule has 26 heavy (non-hydrogen) atoms. The van der Waals surface area contributed by atoms with Crippen molar-refractivity contribution in [3.63, 3.8) is 0 Å². The smallest absolute Gasteiger partial charge is 0.210 e. The molecule has 0 fully saturated rings. The number of H-pyrrole nitrogens is 1. The summed E-state index contributed by atoms with van der Waals surface area (Å²) in [5, 5.41) is 1.31. The summed E-state index contributed by atoms with van der Waals surface area (Å²) in [6.07, 6.45) is 10.4. The van der Waals surface area contributed by atoms with Crippen LogP contribution in [0.4, 0.5) is 5.82 Å². The van der Waals surface area contributed by atoms with Crippen molar-refractivity contribution in [2.75, 3.05) is 5.73 Å². The Bertz CT molecular complexity index is 1040. The Morgan fingerprint density at radius 3 is 2.50 bits per heavy atom. The Labute approximate surface area is 181 Å². The maximum atomic E-state index is 13.2. The molecule has 0 spiro atoms. The number of halogens is 2. The average Bonchev–Trinajstić information content (AvgIpc) is 2.91. The third-order valence-electron chi connectivity index (χ3n) is 4.25. The SMILES string of the molecule is Nc1[nH]c(=C\C2=CCCCC2)/c(=C\N(I)I)c1S(=O)(=O)c1ccccc1. The second-order valence-corrected chi connectivity index (χ2v) is 11.9. The van der Waals surface area contributed by atoms with Crippen molar-refractivity contribution in [3.8, 4) is 0 Å². The van der Waals surface area contributed by atoms with E-state index < -0.39 is 9.84 Å². The summed E-state index contributed by atoms with van der Waals surface area (Å²) in [7, 11) is -3.73. The number of allylic oxidation sites excluding steroid dienone is 2. The quantitative estimate of drug-likeness (QED) is 0.420. The molecule has 8 heteroatoms. The van der Waals surface area contributed by atoms with E-state index in [0.717, 1.165) is 24.6 Å². The van der Waals surface area contributed by atoms with Crippen molar-refractivity contribution in [3.05, 3.63) is 52.5 Å². The second kappa shape index (κ2) is 8.34. The zero-order valence-corrected chi connectivity index (χ0v) is 19.1. The number of rotatable bonds is 4. The standard InChI is InChI=1S/C18H19I2N3O2S/c19-23(20)12-15-16(11-13-7-3-1-4-8-13)22-18(21)17(15)26(24,25)14-9-5-2-6-10-14/h2,5-7,9-12,22H,1,3-4,8,21H2/b15-12+,16-11-. The maximum absolute atomic E-state index is 13.2. The van der Waals surface area contributed by atoms with Gasteiger partial charge in [-0.1, -0.05) is 24.3 Å². The number of nitrogens with two attached hydrogens (primary N) is 1. The fourth-order valence-corrected chi connectivity index (χ4v) is 5.16. The van der Waals surface area contributed by atoms with Gasteiger partial charge in [-0.2, -0.15) is 0 Å². The van der Waals surface area contributed by atoms with Crippen LogP contribution in [0.25, 0.3) is 12.3 Å². The Morgan fingerprint density at radius 2 is 1.88 bits per heavy atom. The highest BCUT2D eigenvalue weighted by atomic mass is 127. The van der Waals surface area contributed by atoms with E-state index in [1.165, 1.54) is 12.0 Å². The van der Waals surface area contributed by atoms with Gasteiger partial charge in [-0.05, 0) is 49.5 Å². The van der Waals surface area contributed by atoms with Gasteiger partial charge in [0.05, 0.1) is 56.0 Å². The number of aromatic amines is 1. The summed E-state index contributed by atoms with van der Waals surface area (Å²) in [6.45, 7) is 0. The molecule has 2 aromatic rings. The molecule has 1 aromatic heterocycles. The molecule has 3 N–H and O–H groups in total. The molecule has 138 valence electrons. The van der Waals surface area contributed by atoms with Crippen LogP contribution in [-0.2, 0) is 9.84 Å². The van der Waals surface area contributed by atoms with Gasteiger partial charge in [0.25, 0.3) is 0 Å². The lowest BCUT2D eigenvalue weighted by atomic mass is 9.99. The number of nitrogens with zero attached hydrogens (tertiary/aromatic N) is 1. The molecule has 1 aliphatic carbocycles. The van der Waals surface area contributed by atoms with Gasteiger partial charge in [-0.15, -0.1) is 0 Å². The molecule has 0 atom stereocenters. The van der Waals surface area contributed by atoms with E-state index in [2.05, 4.69) is 56.8 Å². The number of hydrogen-bond acceptors (Lipinski definition) is 4. The van der Waals surface area contributed by atoms with Gasteiger partial charge >= 0.3 is 0 Å². The summed E-state index contributed by atoms with van der Waals surface area (Å²) in [4.78, 5) is 3.44. The summed E-state index contributed by atoms with van der Waals surface area (Å²) in [5.41, 5.74) is 7.34. The van der Waals surface area contributed by atoms with Crippen LogP contribution >= 0.6 is 45.7 Å². The topological polar surface area (TPSA) is 79.2 Å². The highest BCUT2D eigenvalue weighted by Crippen LogP contribution is 2.22. The third kappa shape index (κ3) is 4.28. The number of anilines is 1. The molecule has 1 aliphatic rings. The van der Waals surface area contributed by atoms with E-state index in [1.807, 2.05) is 6.08 Å². The fourth-order valence-electron chi connectivity index (χ4n) is 3.06. The number of nitrogens with one attached hydrogen (secondary N) is 1. The summed E-state index contributed by atoms with van der Waals surface area (Å²) in [6, 6.07) is 8.39. The molecule has 3 rings (SSSR count). The zero-order valence-electron chi connectivity index (χ0n) is 14.0. The number of nitrogen functional groups attached to an aromatic ring is 1. The van der Waals surface area contributed by atoms with E-state index in [4.69, 9.17) is 5.73 Å². The van der Waals surface area contributed by atoms with E-state index in [1.54, 1.807) is 37.9 Å². The molecular weight excluding hydrogens is 576 g/mol. The highest BCUT2D eigenvalue weighted by molar-refractivity contribution is 14.2. The zero-order chi connectivity index (χ0) is 18.7. The molecule has 0 saturated carbocycles. The van der Waals surface area contributed by atoms with E-state index in [-0.39, 0.29) is 15.6 Å². The first-order chi connectivity index (χ1) is 12.4. The minimum absolute atomic E-state index is 0.129. The lowest BCUT2D eigenvalue weighted by molar-refractivity contribution is 0.596. The van der Waals surface area contributed by atoms with Crippen LogP contribution in [0.5, 0.6) is 0 Å². The Morgan fingerprint density at radius 1 is 1.15 bits per heavy atom. The van der Waals surface area contributed by atoms with Gasteiger partial charge in [0.2, 0.25) is 9.84 Å². The molecule has 0 unspecified atom stereocenters. The van der Waals surface area contributed by atoms with Crippen LogP contribution in [0.2, 0.25) is 0 Å². The first-order valence-corrected chi connectivity index (χ1v) is 11.6. The highest BCUT2D eigenvalue weighted by Gasteiger charge is 2.24. The van der Waals surface area contributed by atoms with Crippen LogP contribution in [-0.4, -0.2) is 14.7 Å². The first kappa shape index (κ1) is 19.7. The fraction of sp³-hybridized carbons (Fsp3) is 0.222. The first-order valence-electron chi connectivity index (χ1n) is 8.20. The molecule has 0 saturated heterocycles. The van der Waals surface area contributed by atoms with Crippen molar-refractivity contribution in [1.29, 1.82) is 0 Å². The minimum atomic E-state index is -3.73. The van der Waals surface area contributed by atoms with E-state index in [9.17, 15) is 8.42 Å². The molecule has 0 bridgehead atoms. The van der Waals surface area contributed by atoms with Crippen LogP contribution in [0.15, 0.2) is 51.8 Å². The normalized spacial score (nSPS) is 16.6. The van der Waals surface area contributed by atoms with Gasteiger partial charge in [-0.25, -0.2) is 8.42 Å². The Kier molecular flexibility index (Phi) is 6.33. The average molecular weight is 595 g/mol. The van der Waals surface area contributed by atoms with Crippen molar-refractivity contribution in [2.45, 2.75) is 35.5 Å². The van der Waals surface area contributed by atoms with Crippen LogP contribution in [0.1, 0.15) is 25.7 Å². The monoisotopic (exact) mass is 595 g/mol. The van der Waals surface area contributed by atoms with E-state index >= 15 is 0 Å². The second-order valence-electron chi connectivity index (χ2n) is 6.07. The maximum Gasteiger partial charge on any atom is 0.210 e. The van der Waals surface area contributed by atoms with Crippen molar-refractivity contribution >= 4 is 73.7 Å². The number of aromatic nitrogens is 1. The lowest BCUT2D eigenvalue weighted by Gasteiger charge is -2.07. The predicted molar refractivity (Wildman–Crippen MR) is 122 cm³/mol.